The highest BCUT2D eigenvalue weighted by atomic mass is 19.4. The molecule has 0 amide bonds. The molecule has 0 radical (unpaired) electrons. The molecule has 4 nitrogen and oxygen atoms in total. The zero-order valence-corrected chi connectivity index (χ0v) is 8.63. The van der Waals surface area contributed by atoms with Crippen molar-refractivity contribution in [3.8, 4) is 0 Å². The number of halogens is 5. The fraction of sp³-hybridized carbons (Fsp3) is 0.333. The Morgan fingerprint density at radius 1 is 1.44 bits per heavy atom. The molecule has 18 heavy (non-hydrogen) atoms. The van der Waals surface area contributed by atoms with Gasteiger partial charge in [-0.1, -0.05) is 0 Å². The molecule has 0 fully saturated rings. The van der Waals surface area contributed by atoms with Crippen molar-refractivity contribution in [2.24, 2.45) is 0 Å². The molecule has 1 rings (SSSR count). The third kappa shape index (κ3) is 2.84. The summed E-state index contributed by atoms with van der Waals surface area (Å²) in [6.07, 6.45) is -8.80. The number of hydrogen-bond donors (Lipinski definition) is 2. The molecule has 0 aliphatic carbocycles. The van der Waals surface area contributed by atoms with Gasteiger partial charge in [-0.25, -0.2) is 8.78 Å². The van der Waals surface area contributed by atoms with Crippen molar-refractivity contribution < 1.29 is 31.9 Å². The van der Waals surface area contributed by atoms with Crippen LogP contribution in [-0.4, -0.2) is 16.1 Å². The van der Waals surface area contributed by atoms with E-state index in [0.717, 1.165) is 0 Å². The third-order valence-electron chi connectivity index (χ3n) is 2.06. The number of carboxylic acid groups (broad SMARTS) is 1. The van der Waals surface area contributed by atoms with E-state index in [1.54, 1.807) is 0 Å². The van der Waals surface area contributed by atoms with Crippen LogP contribution in [0.25, 0.3) is 0 Å². The van der Waals surface area contributed by atoms with E-state index in [9.17, 15) is 26.7 Å². The van der Waals surface area contributed by atoms with E-state index in [4.69, 9.17) is 10.8 Å². The Labute approximate surface area is 97.2 Å². The summed E-state index contributed by atoms with van der Waals surface area (Å²) in [4.78, 5) is 13.3. The quantitative estimate of drug-likeness (QED) is 0.826. The van der Waals surface area contributed by atoms with Crippen LogP contribution < -0.4 is 5.73 Å². The van der Waals surface area contributed by atoms with Crippen LogP contribution in [-0.2, 0) is 17.4 Å². The van der Waals surface area contributed by atoms with Crippen molar-refractivity contribution in [3.05, 3.63) is 23.0 Å². The predicted octanol–water partition coefficient (Wildman–Crippen LogP) is 2.25. The number of hydrogen-bond acceptors (Lipinski definition) is 3. The Morgan fingerprint density at radius 3 is 2.39 bits per heavy atom. The van der Waals surface area contributed by atoms with Crippen LogP contribution in [0, 0.1) is 0 Å². The number of anilines is 1. The van der Waals surface area contributed by atoms with E-state index in [-0.39, 0.29) is 0 Å². The van der Waals surface area contributed by atoms with Gasteiger partial charge in [-0.2, -0.15) is 13.2 Å². The van der Waals surface area contributed by atoms with E-state index < -0.39 is 47.5 Å². The normalized spacial score (nSPS) is 11.9. The molecule has 1 heterocycles. The first kappa shape index (κ1) is 14.1. The van der Waals surface area contributed by atoms with Crippen LogP contribution in [0.4, 0.5) is 27.6 Å². The average molecular weight is 270 g/mol. The minimum absolute atomic E-state index is 0.459. The van der Waals surface area contributed by atoms with Crippen LogP contribution in [0.5, 0.6) is 0 Å². The second-order valence-electron chi connectivity index (χ2n) is 3.33. The topological polar surface area (TPSA) is 76.2 Å². The number of nitrogens with two attached hydrogens (primary N) is 1. The SMILES string of the molecule is Nc1c(CC(=O)O)cnc(C(F)F)c1C(F)(F)F. The Morgan fingerprint density at radius 2 is 2.00 bits per heavy atom. The maximum Gasteiger partial charge on any atom is 0.420 e. The number of aromatic nitrogens is 1. The van der Waals surface area contributed by atoms with Gasteiger partial charge in [0.25, 0.3) is 6.43 Å². The van der Waals surface area contributed by atoms with Gasteiger partial charge in [0.1, 0.15) is 11.3 Å². The van der Waals surface area contributed by atoms with Gasteiger partial charge in [0, 0.05) is 11.8 Å². The molecular weight excluding hydrogens is 263 g/mol. The zero-order valence-electron chi connectivity index (χ0n) is 8.63. The minimum atomic E-state index is -5.13. The summed E-state index contributed by atoms with van der Waals surface area (Å²) in [5.74, 6) is -1.44. The molecule has 1 aromatic heterocycles. The molecule has 0 saturated carbocycles. The number of pyridine rings is 1. The van der Waals surface area contributed by atoms with Gasteiger partial charge >= 0.3 is 12.1 Å². The van der Waals surface area contributed by atoms with Gasteiger partial charge in [-0.15, -0.1) is 0 Å². The van der Waals surface area contributed by atoms with Gasteiger partial charge in [-0.3, -0.25) is 9.78 Å². The van der Waals surface area contributed by atoms with Crippen molar-refractivity contribution in [2.75, 3.05) is 5.73 Å². The van der Waals surface area contributed by atoms with Gasteiger partial charge in [-0.05, 0) is 0 Å². The molecule has 0 aromatic carbocycles. The third-order valence-corrected chi connectivity index (χ3v) is 2.06. The summed E-state index contributed by atoms with van der Waals surface area (Å²) in [6.45, 7) is 0. The first-order valence-corrected chi connectivity index (χ1v) is 4.49. The highest BCUT2D eigenvalue weighted by Crippen LogP contribution is 2.40. The first-order chi connectivity index (χ1) is 8.14. The molecule has 0 atom stereocenters. The lowest BCUT2D eigenvalue weighted by Crippen LogP contribution is -2.17. The second kappa shape index (κ2) is 4.75. The summed E-state index contributed by atoms with van der Waals surface area (Å²) in [5, 5.41) is 8.45. The van der Waals surface area contributed by atoms with E-state index in [1.807, 2.05) is 0 Å². The van der Waals surface area contributed by atoms with Crippen LogP contribution in [0.1, 0.15) is 23.2 Å². The molecule has 0 aliphatic rings. The number of nitrogens with zero attached hydrogens (tertiary/aromatic N) is 1. The van der Waals surface area contributed by atoms with Crippen LogP contribution >= 0.6 is 0 Å². The molecule has 0 spiro atoms. The molecule has 0 aliphatic heterocycles. The summed E-state index contributed by atoms with van der Waals surface area (Å²) in [5.41, 5.74) is 0.322. The summed E-state index contributed by atoms with van der Waals surface area (Å²) < 4.78 is 62.6. The minimum Gasteiger partial charge on any atom is -0.481 e. The number of alkyl halides is 5. The number of rotatable bonds is 3. The Hall–Kier alpha value is -1.93. The van der Waals surface area contributed by atoms with Crippen LogP contribution in [0.3, 0.4) is 0 Å². The maximum atomic E-state index is 12.6. The Balaban J connectivity index is 3.45. The Kier molecular flexibility index (Phi) is 3.73. The number of nitrogen functional groups attached to an aromatic ring is 1. The monoisotopic (exact) mass is 270 g/mol. The molecule has 3 N–H and O–H groups in total. The van der Waals surface area contributed by atoms with Crippen molar-refractivity contribution in [3.63, 3.8) is 0 Å². The van der Waals surface area contributed by atoms with Gasteiger partial charge < -0.3 is 10.8 Å². The van der Waals surface area contributed by atoms with Gasteiger partial charge in [0.15, 0.2) is 0 Å². The maximum absolute atomic E-state index is 12.6. The molecule has 1 aromatic rings. The van der Waals surface area contributed by atoms with Crippen molar-refractivity contribution in [2.45, 2.75) is 19.0 Å². The van der Waals surface area contributed by atoms with E-state index in [0.29, 0.717) is 6.20 Å². The van der Waals surface area contributed by atoms with Crippen molar-refractivity contribution >= 4 is 11.7 Å². The van der Waals surface area contributed by atoms with E-state index in [1.165, 1.54) is 0 Å². The van der Waals surface area contributed by atoms with Crippen LogP contribution in [0.2, 0.25) is 0 Å². The molecule has 0 saturated heterocycles. The Bertz CT molecular complexity index is 473. The molecule has 0 bridgehead atoms. The summed E-state index contributed by atoms with van der Waals surface area (Å²) in [7, 11) is 0. The lowest BCUT2D eigenvalue weighted by molar-refractivity contribution is -0.140. The highest BCUT2D eigenvalue weighted by molar-refractivity contribution is 5.73. The van der Waals surface area contributed by atoms with Crippen LogP contribution in [0.15, 0.2) is 6.20 Å². The van der Waals surface area contributed by atoms with Gasteiger partial charge in [0.2, 0.25) is 0 Å². The number of carbonyl (C=O) groups is 1. The van der Waals surface area contributed by atoms with Crippen molar-refractivity contribution in [1.29, 1.82) is 0 Å². The molecule has 9 heteroatoms. The largest absolute Gasteiger partial charge is 0.481 e. The lowest BCUT2D eigenvalue weighted by Gasteiger charge is -2.16. The average Bonchev–Trinajstić information content (AvgIpc) is 2.17. The smallest absolute Gasteiger partial charge is 0.420 e. The zero-order chi connectivity index (χ0) is 14.1. The molecular formula is C9H7F5N2O2. The fourth-order valence-corrected chi connectivity index (χ4v) is 1.35. The fourth-order valence-electron chi connectivity index (χ4n) is 1.35. The predicted molar refractivity (Wildman–Crippen MR) is 49.9 cm³/mol. The second-order valence-corrected chi connectivity index (χ2v) is 3.33. The standard InChI is InChI=1S/C9H7F5N2O2/c10-8(11)7-5(9(12,13)14)6(15)3(2-16-7)1-4(17)18/h2,8H,1H2,(H2,15,16)(H,17,18). The molecule has 0 unspecified atom stereocenters. The number of carboxylic acids is 1. The molecule has 100 valence electrons. The summed E-state index contributed by atoms with van der Waals surface area (Å²) >= 11 is 0. The van der Waals surface area contributed by atoms with E-state index >= 15 is 0 Å². The van der Waals surface area contributed by atoms with Gasteiger partial charge in [0.05, 0.1) is 12.1 Å². The first-order valence-electron chi connectivity index (χ1n) is 4.49. The lowest BCUT2D eigenvalue weighted by atomic mass is 10.0. The summed E-state index contributed by atoms with van der Waals surface area (Å²) in [6, 6.07) is 0. The highest BCUT2D eigenvalue weighted by Gasteiger charge is 2.40. The van der Waals surface area contributed by atoms with E-state index in [2.05, 4.69) is 4.98 Å². The number of aliphatic carboxylic acids is 1. The van der Waals surface area contributed by atoms with Crippen molar-refractivity contribution in [1.82, 2.24) is 4.98 Å².